The number of carbonyl (C=O) groups excluding carboxylic acids is 1. The highest BCUT2D eigenvalue weighted by Crippen LogP contribution is 2.23. The van der Waals surface area contributed by atoms with Crippen LogP contribution in [-0.4, -0.2) is 28.9 Å². The van der Waals surface area contributed by atoms with Gasteiger partial charge in [-0.25, -0.2) is 4.98 Å². The summed E-state index contributed by atoms with van der Waals surface area (Å²) in [5.74, 6) is 0.0259. The zero-order valence-corrected chi connectivity index (χ0v) is 12.0. The molecule has 0 unspecified atom stereocenters. The molecule has 0 atom stereocenters. The predicted octanol–water partition coefficient (Wildman–Crippen LogP) is 3.68. The average Bonchev–Trinajstić information content (AvgIpc) is 2.45. The van der Waals surface area contributed by atoms with E-state index in [4.69, 9.17) is 11.6 Å². The van der Waals surface area contributed by atoms with E-state index in [0.717, 1.165) is 23.9 Å². The molecule has 2 heterocycles. The molecule has 1 aliphatic rings. The number of pyridine rings is 1. The van der Waals surface area contributed by atoms with Crippen molar-refractivity contribution < 1.29 is 4.79 Å². The Morgan fingerprint density at radius 3 is 2.95 bits per heavy atom. The molecule has 0 saturated carbocycles. The molecule has 3 nitrogen and oxygen atoms in total. The van der Waals surface area contributed by atoms with Crippen LogP contribution in [0.1, 0.15) is 23.7 Å². The van der Waals surface area contributed by atoms with Gasteiger partial charge in [0, 0.05) is 18.5 Å². The average molecular weight is 287 g/mol. The molecule has 1 aromatic carbocycles. The van der Waals surface area contributed by atoms with Crippen molar-refractivity contribution in [3.05, 3.63) is 52.7 Å². The van der Waals surface area contributed by atoms with Crippen LogP contribution in [0.15, 0.2) is 42.0 Å². The summed E-state index contributed by atoms with van der Waals surface area (Å²) in [6.45, 7) is 3.49. The topological polar surface area (TPSA) is 33.2 Å². The monoisotopic (exact) mass is 286 g/mol. The van der Waals surface area contributed by atoms with Crippen molar-refractivity contribution in [2.45, 2.75) is 13.3 Å². The molecule has 0 aliphatic carbocycles. The Labute approximate surface area is 122 Å². The summed E-state index contributed by atoms with van der Waals surface area (Å²) in [4.78, 5) is 18.9. The lowest BCUT2D eigenvalue weighted by molar-refractivity contribution is 0.0768. The lowest BCUT2D eigenvalue weighted by atomic mass is 10.1. The van der Waals surface area contributed by atoms with Gasteiger partial charge in [-0.1, -0.05) is 41.4 Å². The molecule has 0 fully saturated rings. The van der Waals surface area contributed by atoms with Gasteiger partial charge in [-0.2, -0.15) is 0 Å². The second-order valence-corrected chi connectivity index (χ2v) is 5.46. The molecule has 0 spiro atoms. The molecule has 0 saturated heterocycles. The Balaban J connectivity index is 2.05. The predicted molar refractivity (Wildman–Crippen MR) is 81.0 cm³/mol. The lowest BCUT2D eigenvalue weighted by Crippen LogP contribution is -2.35. The van der Waals surface area contributed by atoms with E-state index in [2.05, 4.69) is 18.0 Å². The van der Waals surface area contributed by atoms with Crippen molar-refractivity contribution in [2.24, 2.45) is 0 Å². The number of nitrogens with zero attached hydrogens (tertiary/aromatic N) is 2. The number of halogens is 1. The number of aromatic nitrogens is 1. The Morgan fingerprint density at radius 2 is 2.15 bits per heavy atom. The Hall–Kier alpha value is -1.87. The highest BCUT2D eigenvalue weighted by molar-refractivity contribution is 6.30. The number of benzene rings is 1. The number of hydrogen-bond acceptors (Lipinski definition) is 2. The minimum Gasteiger partial charge on any atom is -0.334 e. The minimum atomic E-state index is 0.0259. The van der Waals surface area contributed by atoms with Gasteiger partial charge < -0.3 is 4.90 Å². The number of amides is 1. The normalized spacial score (nSPS) is 15.3. The van der Waals surface area contributed by atoms with Crippen LogP contribution in [0.2, 0.25) is 5.15 Å². The fourth-order valence-electron chi connectivity index (χ4n) is 2.58. The zero-order chi connectivity index (χ0) is 14.1. The van der Waals surface area contributed by atoms with Crippen molar-refractivity contribution in [2.75, 3.05) is 13.1 Å². The molecule has 0 N–H and O–H groups in total. The molecule has 4 heteroatoms. The van der Waals surface area contributed by atoms with Gasteiger partial charge in [0.25, 0.3) is 5.91 Å². The van der Waals surface area contributed by atoms with Gasteiger partial charge >= 0.3 is 0 Å². The third-order valence-electron chi connectivity index (χ3n) is 3.53. The van der Waals surface area contributed by atoms with E-state index in [0.29, 0.717) is 17.3 Å². The van der Waals surface area contributed by atoms with Crippen molar-refractivity contribution in [3.8, 4) is 0 Å². The Kier molecular flexibility index (Phi) is 3.45. The molecule has 2 aromatic rings. The molecule has 0 bridgehead atoms. The first-order valence-electron chi connectivity index (χ1n) is 6.65. The first-order valence-corrected chi connectivity index (χ1v) is 7.03. The second kappa shape index (κ2) is 5.25. The Morgan fingerprint density at radius 1 is 1.35 bits per heavy atom. The molecule has 102 valence electrons. The third kappa shape index (κ3) is 2.41. The van der Waals surface area contributed by atoms with E-state index >= 15 is 0 Å². The minimum absolute atomic E-state index is 0.0259. The van der Waals surface area contributed by atoms with Crippen LogP contribution >= 0.6 is 11.6 Å². The summed E-state index contributed by atoms with van der Waals surface area (Å²) >= 11 is 6.04. The number of rotatable bonds is 1. The largest absolute Gasteiger partial charge is 0.334 e. The van der Waals surface area contributed by atoms with Crippen molar-refractivity contribution in [1.29, 1.82) is 0 Å². The van der Waals surface area contributed by atoms with Crippen LogP contribution in [-0.2, 0) is 0 Å². The molecule has 1 aromatic heterocycles. The second-order valence-electron chi connectivity index (χ2n) is 5.08. The summed E-state index contributed by atoms with van der Waals surface area (Å²) in [5, 5.41) is 1.21. The maximum Gasteiger partial charge on any atom is 0.254 e. The van der Waals surface area contributed by atoms with Crippen LogP contribution < -0.4 is 0 Å². The summed E-state index contributed by atoms with van der Waals surface area (Å²) in [5.41, 5.74) is 2.62. The van der Waals surface area contributed by atoms with Gasteiger partial charge in [-0.05, 0) is 25.5 Å². The van der Waals surface area contributed by atoms with E-state index in [9.17, 15) is 4.79 Å². The fraction of sp³-hybridized carbons (Fsp3) is 0.250. The van der Waals surface area contributed by atoms with Crippen LogP contribution in [0.25, 0.3) is 10.9 Å². The molecule has 1 amide bonds. The quantitative estimate of drug-likeness (QED) is 0.592. The zero-order valence-electron chi connectivity index (χ0n) is 11.3. The lowest BCUT2D eigenvalue weighted by Gasteiger charge is -2.26. The van der Waals surface area contributed by atoms with E-state index < -0.39 is 0 Å². The van der Waals surface area contributed by atoms with Gasteiger partial charge in [0.1, 0.15) is 5.15 Å². The summed E-state index contributed by atoms with van der Waals surface area (Å²) in [6, 6.07) is 9.27. The Bertz CT molecular complexity index is 709. The van der Waals surface area contributed by atoms with Gasteiger partial charge in [-0.15, -0.1) is 0 Å². The molecular weight excluding hydrogens is 272 g/mol. The summed E-state index contributed by atoms with van der Waals surface area (Å²) in [6.07, 6.45) is 3.09. The smallest absolute Gasteiger partial charge is 0.254 e. The maximum absolute atomic E-state index is 12.7. The SMILES string of the molecule is CC1=CCCN(C(=O)c2cc(Cl)nc3ccccc23)C1. The summed E-state index contributed by atoms with van der Waals surface area (Å²) in [7, 11) is 0. The van der Waals surface area contributed by atoms with Crippen molar-refractivity contribution in [3.63, 3.8) is 0 Å². The standard InChI is InChI=1S/C16H15ClN2O/c1-11-5-4-8-19(10-11)16(20)13-9-15(17)18-14-7-3-2-6-12(13)14/h2-3,5-7,9H,4,8,10H2,1H3. The molecule has 1 aliphatic heterocycles. The number of hydrogen-bond donors (Lipinski definition) is 0. The first kappa shape index (κ1) is 13.1. The highest BCUT2D eigenvalue weighted by Gasteiger charge is 2.20. The molecule has 0 radical (unpaired) electrons. The van der Waals surface area contributed by atoms with Gasteiger partial charge in [-0.3, -0.25) is 4.79 Å². The van der Waals surface area contributed by atoms with Gasteiger partial charge in [0.2, 0.25) is 0 Å². The summed E-state index contributed by atoms with van der Waals surface area (Å²) < 4.78 is 0. The maximum atomic E-state index is 12.7. The van der Waals surface area contributed by atoms with E-state index in [1.807, 2.05) is 29.2 Å². The number of fused-ring (bicyclic) bond motifs is 1. The molecular formula is C16H15ClN2O. The van der Waals surface area contributed by atoms with Crippen molar-refractivity contribution >= 4 is 28.4 Å². The third-order valence-corrected chi connectivity index (χ3v) is 3.73. The van der Waals surface area contributed by atoms with Crippen LogP contribution in [0.3, 0.4) is 0 Å². The first-order chi connectivity index (χ1) is 9.65. The highest BCUT2D eigenvalue weighted by atomic mass is 35.5. The van der Waals surface area contributed by atoms with Crippen molar-refractivity contribution in [1.82, 2.24) is 9.88 Å². The fourth-order valence-corrected chi connectivity index (χ4v) is 2.78. The van der Waals surface area contributed by atoms with E-state index in [1.165, 1.54) is 5.57 Å². The molecule has 3 rings (SSSR count). The number of carbonyl (C=O) groups is 1. The number of para-hydroxylation sites is 1. The van der Waals surface area contributed by atoms with Crippen LogP contribution in [0, 0.1) is 0 Å². The molecule has 20 heavy (non-hydrogen) atoms. The van der Waals surface area contributed by atoms with E-state index in [-0.39, 0.29) is 5.91 Å². The van der Waals surface area contributed by atoms with Crippen LogP contribution in [0.4, 0.5) is 0 Å². The van der Waals surface area contributed by atoms with Crippen LogP contribution in [0.5, 0.6) is 0 Å². The van der Waals surface area contributed by atoms with Gasteiger partial charge in [0.05, 0.1) is 11.1 Å². The van der Waals surface area contributed by atoms with E-state index in [1.54, 1.807) is 6.07 Å². The van der Waals surface area contributed by atoms with Gasteiger partial charge in [0.15, 0.2) is 0 Å².